The van der Waals surface area contributed by atoms with Crippen LogP contribution in [0.3, 0.4) is 0 Å². The quantitative estimate of drug-likeness (QED) is 0.519. The third-order valence-electron chi connectivity index (χ3n) is 3.49. The van der Waals surface area contributed by atoms with Crippen molar-refractivity contribution in [2.75, 3.05) is 13.1 Å². The molecule has 1 rings (SSSR count). The molecule has 1 aliphatic rings. The van der Waals surface area contributed by atoms with Gasteiger partial charge in [-0.1, -0.05) is 13.3 Å². The standard InChI is InChI=1S/C13H23N3O4/c1-2-9(3-4-12(18)19)5-6-14-13(20)16-10-7-11(17)15-8-10/h9-10H,2-8H2,1H3,(H,15,17)(H,18,19)(H2,14,16,20). The van der Waals surface area contributed by atoms with E-state index < -0.39 is 5.97 Å². The zero-order chi connectivity index (χ0) is 15.0. The molecule has 114 valence electrons. The Morgan fingerprint density at radius 1 is 1.45 bits per heavy atom. The Bertz CT molecular complexity index is 360. The molecule has 0 radical (unpaired) electrons. The van der Waals surface area contributed by atoms with Crippen LogP contribution in [0.25, 0.3) is 0 Å². The fourth-order valence-corrected chi connectivity index (χ4v) is 2.21. The number of amides is 3. The predicted molar refractivity (Wildman–Crippen MR) is 73.2 cm³/mol. The Labute approximate surface area is 118 Å². The van der Waals surface area contributed by atoms with Gasteiger partial charge in [0, 0.05) is 25.9 Å². The van der Waals surface area contributed by atoms with Crippen LogP contribution in [-0.2, 0) is 9.59 Å². The van der Waals surface area contributed by atoms with Gasteiger partial charge in [0.2, 0.25) is 5.91 Å². The van der Waals surface area contributed by atoms with Gasteiger partial charge in [0.25, 0.3) is 0 Å². The number of carboxylic acid groups (broad SMARTS) is 1. The second-order valence-corrected chi connectivity index (χ2v) is 5.10. The van der Waals surface area contributed by atoms with Crippen LogP contribution in [0.15, 0.2) is 0 Å². The Hall–Kier alpha value is -1.79. The monoisotopic (exact) mass is 285 g/mol. The maximum absolute atomic E-state index is 11.6. The highest BCUT2D eigenvalue weighted by Gasteiger charge is 2.22. The van der Waals surface area contributed by atoms with Gasteiger partial charge in [-0.2, -0.15) is 0 Å². The second-order valence-electron chi connectivity index (χ2n) is 5.10. The third-order valence-corrected chi connectivity index (χ3v) is 3.49. The highest BCUT2D eigenvalue weighted by atomic mass is 16.4. The average Bonchev–Trinajstić information content (AvgIpc) is 2.78. The van der Waals surface area contributed by atoms with Crippen LogP contribution in [-0.4, -0.2) is 42.1 Å². The number of rotatable bonds is 8. The lowest BCUT2D eigenvalue weighted by Crippen LogP contribution is -2.43. The summed E-state index contributed by atoms with van der Waals surface area (Å²) in [6.07, 6.45) is 2.79. The molecule has 1 fully saturated rings. The predicted octanol–water partition coefficient (Wildman–Crippen LogP) is 0.455. The zero-order valence-electron chi connectivity index (χ0n) is 11.8. The summed E-state index contributed by atoms with van der Waals surface area (Å²) in [5, 5.41) is 16.8. The average molecular weight is 285 g/mol. The van der Waals surface area contributed by atoms with Crippen LogP contribution >= 0.6 is 0 Å². The van der Waals surface area contributed by atoms with E-state index in [1.54, 1.807) is 0 Å². The van der Waals surface area contributed by atoms with Crippen molar-refractivity contribution in [2.45, 2.75) is 45.1 Å². The first-order chi connectivity index (χ1) is 9.51. The number of nitrogens with one attached hydrogen (secondary N) is 3. The van der Waals surface area contributed by atoms with Gasteiger partial charge in [-0.25, -0.2) is 4.79 Å². The molecule has 0 aromatic carbocycles. The molecular weight excluding hydrogens is 262 g/mol. The van der Waals surface area contributed by atoms with Gasteiger partial charge in [-0.3, -0.25) is 9.59 Å². The molecule has 7 nitrogen and oxygen atoms in total. The van der Waals surface area contributed by atoms with Crippen molar-refractivity contribution < 1.29 is 19.5 Å². The summed E-state index contributed by atoms with van der Waals surface area (Å²) in [5.41, 5.74) is 0. The number of carboxylic acids is 1. The second kappa shape index (κ2) is 8.39. The first-order valence-electron chi connectivity index (χ1n) is 7.04. The lowest BCUT2D eigenvalue weighted by atomic mass is 9.97. The van der Waals surface area contributed by atoms with Crippen LogP contribution in [0.4, 0.5) is 4.79 Å². The van der Waals surface area contributed by atoms with E-state index in [2.05, 4.69) is 16.0 Å². The molecule has 1 heterocycles. The first kappa shape index (κ1) is 16.3. The van der Waals surface area contributed by atoms with E-state index in [1.165, 1.54) is 0 Å². The van der Waals surface area contributed by atoms with E-state index >= 15 is 0 Å². The van der Waals surface area contributed by atoms with Crippen LogP contribution in [0.1, 0.15) is 39.0 Å². The summed E-state index contributed by atoms with van der Waals surface area (Å²) in [7, 11) is 0. The number of aliphatic carboxylic acids is 1. The van der Waals surface area contributed by atoms with E-state index in [9.17, 15) is 14.4 Å². The molecule has 20 heavy (non-hydrogen) atoms. The zero-order valence-corrected chi connectivity index (χ0v) is 11.8. The molecular formula is C13H23N3O4. The van der Waals surface area contributed by atoms with Crippen molar-refractivity contribution in [1.82, 2.24) is 16.0 Å². The highest BCUT2D eigenvalue weighted by molar-refractivity contribution is 5.81. The van der Waals surface area contributed by atoms with E-state index in [4.69, 9.17) is 5.11 Å². The molecule has 0 aliphatic carbocycles. The highest BCUT2D eigenvalue weighted by Crippen LogP contribution is 2.14. The summed E-state index contributed by atoms with van der Waals surface area (Å²) in [6.45, 7) is 3.00. The fraction of sp³-hybridized carbons (Fsp3) is 0.769. The molecule has 0 aromatic rings. The maximum atomic E-state index is 11.6. The molecule has 1 aliphatic heterocycles. The summed E-state index contributed by atoms with van der Waals surface area (Å²) in [6, 6.07) is -0.420. The minimum atomic E-state index is -0.785. The van der Waals surface area contributed by atoms with E-state index in [0.29, 0.717) is 31.8 Å². The normalized spacial score (nSPS) is 19.2. The van der Waals surface area contributed by atoms with Gasteiger partial charge in [0.05, 0.1) is 6.04 Å². The first-order valence-corrected chi connectivity index (χ1v) is 7.04. The summed E-state index contributed by atoms with van der Waals surface area (Å²) in [4.78, 5) is 33.1. The Kier molecular flexibility index (Phi) is 6.83. The molecule has 0 spiro atoms. The van der Waals surface area contributed by atoms with Crippen molar-refractivity contribution in [3.63, 3.8) is 0 Å². The molecule has 3 amide bonds. The van der Waals surface area contributed by atoms with Gasteiger partial charge in [0.1, 0.15) is 0 Å². The lowest BCUT2D eigenvalue weighted by Gasteiger charge is -2.15. The minimum absolute atomic E-state index is 0.0463. The molecule has 2 atom stereocenters. The number of hydrogen-bond acceptors (Lipinski definition) is 3. The number of carbonyl (C=O) groups is 3. The van der Waals surface area contributed by atoms with Gasteiger partial charge in [-0.15, -0.1) is 0 Å². The van der Waals surface area contributed by atoms with Crippen molar-refractivity contribution in [3.8, 4) is 0 Å². The number of urea groups is 1. The van der Waals surface area contributed by atoms with Crippen LogP contribution in [0, 0.1) is 5.92 Å². The maximum Gasteiger partial charge on any atom is 0.315 e. The minimum Gasteiger partial charge on any atom is -0.481 e. The largest absolute Gasteiger partial charge is 0.481 e. The number of hydrogen-bond donors (Lipinski definition) is 4. The molecule has 1 saturated heterocycles. The molecule has 0 bridgehead atoms. The van der Waals surface area contributed by atoms with Gasteiger partial charge < -0.3 is 21.1 Å². The van der Waals surface area contributed by atoms with Crippen molar-refractivity contribution in [2.24, 2.45) is 5.92 Å². The molecule has 0 aromatic heterocycles. The van der Waals surface area contributed by atoms with Crippen molar-refractivity contribution >= 4 is 17.9 Å². The third kappa shape index (κ3) is 6.40. The van der Waals surface area contributed by atoms with E-state index in [0.717, 1.165) is 12.8 Å². The number of carbonyl (C=O) groups excluding carboxylic acids is 2. The van der Waals surface area contributed by atoms with Crippen molar-refractivity contribution in [3.05, 3.63) is 0 Å². The Morgan fingerprint density at radius 2 is 2.20 bits per heavy atom. The fourth-order valence-electron chi connectivity index (χ4n) is 2.21. The van der Waals surface area contributed by atoms with E-state index in [1.807, 2.05) is 6.92 Å². The van der Waals surface area contributed by atoms with Crippen LogP contribution in [0.5, 0.6) is 0 Å². The Morgan fingerprint density at radius 3 is 2.75 bits per heavy atom. The molecule has 0 saturated carbocycles. The summed E-state index contributed by atoms with van der Waals surface area (Å²) in [5.74, 6) is -0.524. The summed E-state index contributed by atoms with van der Waals surface area (Å²) < 4.78 is 0. The summed E-state index contributed by atoms with van der Waals surface area (Å²) >= 11 is 0. The lowest BCUT2D eigenvalue weighted by molar-refractivity contribution is -0.137. The van der Waals surface area contributed by atoms with Gasteiger partial charge in [-0.05, 0) is 18.8 Å². The van der Waals surface area contributed by atoms with Crippen molar-refractivity contribution in [1.29, 1.82) is 0 Å². The molecule has 2 unspecified atom stereocenters. The van der Waals surface area contributed by atoms with Crippen LogP contribution < -0.4 is 16.0 Å². The molecule has 4 N–H and O–H groups in total. The smallest absolute Gasteiger partial charge is 0.315 e. The molecule has 7 heteroatoms. The van der Waals surface area contributed by atoms with E-state index in [-0.39, 0.29) is 24.4 Å². The van der Waals surface area contributed by atoms with Crippen LogP contribution in [0.2, 0.25) is 0 Å². The van der Waals surface area contributed by atoms with Gasteiger partial charge in [0.15, 0.2) is 0 Å². The topological polar surface area (TPSA) is 108 Å². The SMILES string of the molecule is CCC(CCNC(=O)NC1CNC(=O)C1)CCC(=O)O. The van der Waals surface area contributed by atoms with Gasteiger partial charge >= 0.3 is 12.0 Å². The Balaban J connectivity index is 2.13.